The average molecular weight is 552 g/mol. The van der Waals surface area contributed by atoms with Crippen molar-refractivity contribution in [2.75, 3.05) is 59.7 Å². The van der Waals surface area contributed by atoms with E-state index in [1.54, 1.807) is 0 Å². The lowest BCUT2D eigenvalue weighted by Gasteiger charge is -2.44. The maximum Gasteiger partial charge on any atom is 0.210 e. The summed E-state index contributed by atoms with van der Waals surface area (Å²) < 4.78 is 11.5. The lowest BCUT2D eigenvalue weighted by atomic mass is 9.97. The van der Waals surface area contributed by atoms with E-state index in [0.717, 1.165) is 71.9 Å². The van der Waals surface area contributed by atoms with Gasteiger partial charge in [-0.05, 0) is 25.7 Å². The molecule has 1 amide bonds. The van der Waals surface area contributed by atoms with Crippen molar-refractivity contribution in [1.82, 2.24) is 14.7 Å². The first kappa shape index (κ1) is 34.5. The molecule has 0 spiro atoms. The van der Waals surface area contributed by atoms with Gasteiger partial charge in [-0.25, -0.2) is 0 Å². The molecule has 2 rings (SSSR count). The van der Waals surface area contributed by atoms with E-state index in [0.29, 0.717) is 6.04 Å². The zero-order valence-electron chi connectivity index (χ0n) is 26.1. The third-order valence-corrected chi connectivity index (χ3v) is 9.01. The Balaban J connectivity index is 1.54. The van der Waals surface area contributed by atoms with E-state index in [1.807, 2.05) is 11.9 Å². The standard InChI is InChI=1S/C33H65N3O3/c1-3-4-5-6-7-8-9-10-11-12-13-14-15-16-17-21-33(34(2)31-37)36-23-19-18-20-32(36)22-27-38-28-24-35-25-29-39-30-26-35/h31-33H,3-30H2,1-2H3. The van der Waals surface area contributed by atoms with Crippen LogP contribution in [0.5, 0.6) is 0 Å². The van der Waals surface area contributed by atoms with Gasteiger partial charge in [0.15, 0.2) is 0 Å². The number of morpholine rings is 1. The number of hydrogen-bond donors (Lipinski definition) is 0. The minimum Gasteiger partial charge on any atom is -0.380 e. The zero-order chi connectivity index (χ0) is 27.8. The summed E-state index contributed by atoms with van der Waals surface area (Å²) >= 11 is 0. The maximum absolute atomic E-state index is 11.8. The Morgan fingerprint density at radius 1 is 0.821 bits per heavy atom. The van der Waals surface area contributed by atoms with Crippen molar-refractivity contribution >= 4 is 6.41 Å². The van der Waals surface area contributed by atoms with Crippen LogP contribution in [0.25, 0.3) is 0 Å². The van der Waals surface area contributed by atoms with E-state index >= 15 is 0 Å². The van der Waals surface area contributed by atoms with Gasteiger partial charge >= 0.3 is 0 Å². The van der Waals surface area contributed by atoms with Crippen LogP contribution < -0.4 is 0 Å². The summed E-state index contributed by atoms with van der Waals surface area (Å²) in [6, 6.07) is 0.533. The molecule has 6 nitrogen and oxygen atoms in total. The van der Waals surface area contributed by atoms with Gasteiger partial charge in [0.05, 0.1) is 26.0 Å². The largest absolute Gasteiger partial charge is 0.380 e. The third kappa shape index (κ3) is 16.4. The Hall–Kier alpha value is -0.690. The molecule has 39 heavy (non-hydrogen) atoms. The van der Waals surface area contributed by atoms with Gasteiger partial charge in [-0.2, -0.15) is 0 Å². The van der Waals surface area contributed by atoms with Crippen molar-refractivity contribution in [2.24, 2.45) is 0 Å². The Morgan fingerprint density at radius 2 is 1.41 bits per heavy atom. The average Bonchev–Trinajstić information content (AvgIpc) is 2.97. The van der Waals surface area contributed by atoms with Gasteiger partial charge < -0.3 is 14.4 Å². The smallest absolute Gasteiger partial charge is 0.210 e. The number of ether oxygens (including phenoxy) is 2. The van der Waals surface area contributed by atoms with Crippen LogP contribution >= 0.6 is 0 Å². The molecular formula is C33H65N3O3. The van der Waals surface area contributed by atoms with E-state index in [4.69, 9.17) is 9.47 Å². The van der Waals surface area contributed by atoms with Gasteiger partial charge in [0, 0.05) is 45.9 Å². The summed E-state index contributed by atoms with van der Waals surface area (Å²) in [5.41, 5.74) is 0. The number of likely N-dealkylation sites (tertiary alicyclic amines) is 1. The molecule has 0 aliphatic carbocycles. The Labute approximate surface area is 242 Å². The van der Waals surface area contributed by atoms with Crippen molar-refractivity contribution in [2.45, 2.75) is 148 Å². The minimum atomic E-state index is 0.239. The summed E-state index contributed by atoms with van der Waals surface area (Å²) in [6.07, 6.45) is 28.1. The number of hydrogen-bond acceptors (Lipinski definition) is 5. The van der Waals surface area contributed by atoms with Crippen molar-refractivity contribution in [3.8, 4) is 0 Å². The Kier molecular flexibility index (Phi) is 21.2. The van der Waals surface area contributed by atoms with E-state index in [1.165, 1.54) is 116 Å². The summed E-state index contributed by atoms with van der Waals surface area (Å²) in [6.45, 7) is 9.79. The number of piperidine rings is 1. The van der Waals surface area contributed by atoms with E-state index in [2.05, 4.69) is 16.7 Å². The maximum atomic E-state index is 11.8. The summed E-state index contributed by atoms with van der Waals surface area (Å²) in [5, 5.41) is 0. The first-order chi connectivity index (χ1) is 19.3. The van der Waals surface area contributed by atoms with Gasteiger partial charge in [0.1, 0.15) is 0 Å². The van der Waals surface area contributed by atoms with E-state index < -0.39 is 0 Å². The highest BCUT2D eigenvalue weighted by Gasteiger charge is 2.30. The minimum absolute atomic E-state index is 0.239. The highest BCUT2D eigenvalue weighted by atomic mass is 16.5. The zero-order valence-corrected chi connectivity index (χ0v) is 26.1. The molecule has 0 saturated carbocycles. The molecule has 2 heterocycles. The number of rotatable bonds is 25. The molecule has 230 valence electrons. The van der Waals surface area contributed by atoms with Crippen LogP contribution in [0.2, 0.25) is 0 Å². The quantitative estimate of drug-likeness (QED) is 0.0883. The molecule has 0 aromatic carbocycles. The van der Waals surface area contributed by atoms with Gasteiger partial charge in [0.2, 0.25) is 6.41 Å². The second kappa shape index (κ2) is 24.0. The molecule has 0 aromatic rings. The third-order valence-electron chi connectivity index (χ3n) is 9.01. The van der Waals surface area contributed by atoms with Gasteiger partial charge in [-0.15, -0.1) is 0 Å². The summed E-state index contributed by atoms with van der Waals surface area (Å²) in [5.74, 6) is 0. The lowest BCUT2D eigenvalue weighted by Crippen LogP contribution is -2.53. The Morgan fingerprint density at radius 3 is 2.00 bits per heavy atom. The second-order valence-electron chi connectivity index (χ2n) is 12.2. The van der Waals surface area contributed by atoms with Crippen LogP contribution in [0, 0.1) is 0 Å². The number of carbonyl (C=O) groups is 1. The molecule has 2 unspecified atom stereocenters. The highest BCUT2D eigenvalue weighted by Crippen LogP contribution is 2.26. The molecule has 6 heteroatoms. The number of amides is 1. The van der Waals surface area contributed by atoms with E-state index in [-0.39, 0.29) is 6.17 Å². The van der Waals surface area contributed by atoms with Crippen molar-refractivity contribution < 1.29 is 14.3 Å². The first-order valence-corrected chi connectivity index (χ1v) is 17.1. The van der Waals surface area contributed by atoms with E-state index in [9.17, 15) is 4.79 Å². The van der Waals surface area contributed by atoms with Gasteiger partial charge in [-0.1, -0.05) is 110 Å². The molecule has 2 aliphatic heterocycles. The van der Waals surface area contributed by atoms with Crippen molar-refractivity contribution in [1.29, 1.82) is 0 Å². The first-order valence-electron chi connectivity index (χ1n) is 17.1. The highest BCUT2D eigenvalue weighted by molar-refractivity contribution is 5.46. The van der Waals surface area contributed by atoms with Gasteiger partial charge in [0.25, 0.3) is 0 Å². The van der Waals surface area contributed by atoms with Crippen molar-refractivity contribution in [3.05, 3.63) is 0 Å². The summed E-state index contributed by atoms with van der Waals surface area (Å²) in [7, 11) is 1.98. The van der Waals surface area contributed by atoms with Crippen molar-refractivity contribution in [3.63, 3.8) is 0 Å². The SMILES string of the molecule is CCCCCCCCCCCCCCCCCC(N(C)C=O)N1CCCCC1CCOCCN1CCOCC1. The molecule has 2 atom stereocenters. The fraction of sp³-hybridized carbons (Fsp3) is 0.970. The fourth-order valence-corrected chi connectivity index (χ4v) is 6.44. The Bertz CT molecular complexity index is 558. The number of nitrogens with zero attached hydrogens (tertiary/aromatic N) is 3. The van der Waals surface area contributed by atoms with Crippen LogP contribution in [0.3, 0.4) is 0 Å². The summed E-state index contributed by atoms with van der Waals surface area (Å²) in [4.78, 5) is 18.8. The van der Waals surface area contributed by atoms with Crippen LogP contribution in [-0.4, -0.2) is 93.0 Å². The van der Waals surface area contributed by atoms with Crippen LogP contribution in [0.15, 0.2) is 0 Å². The topological polar surface area (TPSA) is 45.2 Å². The second-order valence-corrected chi connectivity index (χ2v) is 12.2. The molecule has 0 radical (unpaired) electrons. The predicted molar refractivity (Wildman–Crippen MR) is 164 cm³/mol. The molecule has 0 bridgehead atoms. The monoisotopic (exact) mass is 552 g/mol. The van der Waals surface area contributed by atoms with Crippen LogP contribution in [0.1, 0.15) is 135 Å². The molecule has 0 N–H and O–H groups in total. The normalized spacial score (nSPS) is 19.8. The predicted octanol–water partition coefficient (Wildman–Crippen LogP) is 7.26. The lowest BCUT2D eigenvalue weighted by molar-refractivity contribution is -0.124. The molecule has 2 saturated heterocycles. The molecule has 2 fully saturated rings. The number of carbonyl (C=O) groups excluding carboxylic acids is 1. The molecule has 2 aliphatic rings. The van der Waals surface area contributed by atoms with Crippen LogP contribution in [0.4, 0.5) is 0 Å². The fourth-order valence-electron chi connectivity index (χ4n) is 6.44. The molecular weight excluding hydrogens is 486 g/mol. The van der Waals surface area contributed by atoms with Gasteiger partial charge in [-0.3, -0.25) is 14.6 Å². The van der Waals surface area contributed by atoms with Crippen LogP contribution in [-0.2, 0) is 14.3 Å². The number of unbranched alkanes of at least 4 members (excludes halogenated alkanes) is 14. The molecule has 0 aromatic heterocycles.